The van der Waals surface area contributed by atoms with Gasteiger partial charge in [0.15, 0.2) is 0 Å². The summed E-state index contributed by atoms with van der Waals surface area (Å²) in [6.07, 6.45) is 8.77. The molecule has 0 amide bonds. The molecule has 2 aliphatic heterocycles. The Labute approximate surface area is 284 Å². The number of para-hydroxylation sites is 1. The van der Waals surface area contributed by atoms with Crippen molar-refractivity contribution in [3.8, 4) is 22.3 Å². The molecule has 3 nitrogen and oxygen atoms in total. The van der Waals surface area contributed by atoms with Gasteiger partial charge >= 0.3 is 0 Å². The number of nitrogens with one attached hydrogen (secondary N) is 1. The molecule has 4 heteroatoms. The normalized spacial score (nSPS) is 19.1. The van der Waals surface area contributed by atoms with Crippen molar-refractivity contribution in [2.45, 2.75) is 22.4 Å². The first-order valence-electron chi connectivity index (χ1n) is 16.6. The summed E-state index contributed by atoms with van der Waals surface area (Å²) in [6.45, 7) is 0. The number of fused-ring (bicyclic) bond motifs is 7. The van der Waals surface area contributed by atoms with Crippen LogP contribution in [0.5, 0.6) is 0 Å². The zero-order valence-electron chi connectivity index (χ0n) is 26.1. The second-order valence-electron chi connectivity index (χ2n) is 12.7. The lowest BCUT2D eigenvalue weighted by molar-refractivity contribution is 0.624. The average molecular weight is 634 g/mol. The van der Waals surface area contributed by atoms with Crippen LogP contribution in [0.2, 0.25) is 0 Å². The van der Waals surface area contributed by atoms with E-state index in [1.807, 2.05) is 11.8 Å². The molecule has 0 radical (unpaired) electrons. The summed E-state index contributed by atoms with van der Waals surface area (Å²) in [5, 5.41) is 6.80. The van der Waals surface area contributed by atoms with Gasteiger partial charge in [0.2, 0.25) is 6.29 Å². The van der Waals surface area contributed by atoms with Gasteiger partial charge in [-0.15, -0.1) is 11.8 Å². The zero-order valence-corrected chi connectivity index (χ0v) is 26.9. The van der Waals surface area contributed by atoms with Gasteiger partial charge in [0.1, 0.15) is 0 Å². The molecule has 6 aromatic carbocycles. The van der Waals surface area contributed by atoms with Crippen molar-refractivity contribution < 1.29 is 0 Å². The lowest BCUT2D eigenvalue weighted by Crippen LogP contribution is -2.24. The maximum absolute atomic E-state index is 5.53. The van der Waals surface area contributed by atoms with Crippen LogP contribution in [0, 0.1) is 0 Å². The van der Waals surface area contributed by atoms with Crippen LogP contribution in [0.15, 0.2) is 174 Å². The maximum Gasteiger partial charge on any atom is 0.201 e. The largest absolute Gasteiger partial charge is 0.346 e. The SMILES string of the molecule is C1=CC2Sc3cc4c5cc(-c6ccccc6)ccc5n(C5N=C(c6ccc(-c7ccccc7)cc6)c6ccccc6N5)c4cc3C2C=C1. The molecule has 0 saturated heterocycles. The number of thioether (sulfide) groups is 1. The van der Waals surface area contributed by atoms with Crippen LogP contribution in [-0.4, -0.2) is 15.5 Å². The Hall–Kier alpha value is -5.58. The summed E-state index contributed by atoms with van der Waals surface area (Å²) in [5.74, 6) is 0.382. The first-order valence-corrected chi connectivity index (χ1v) is 17.4. The van der Waals surface area contributed by atoms with Crippen LogP contribution in [0.4, 0.5) is 5.69 Å². The molecule has 0 fully saturated rings. The van der Waals surface area contributed by atoms with Crippen LogP contribution in [-0.2, 0) is 0 Å². The lowest BCUT2D eigenvalue weighted by Gasteiger charge is -2.28. The monoisotopic (exact) mass is 633 g/mol. The van der Waals surface area contributed by atoms with E-state index in [4.69, 9.17) is 4.99 Å². The Morgan fingerprint density at radius 2 is 1.21 bits per heavy atom. The number of aromatic nitrogens is 1. The van der Waals surface area contributed by atoms with E-state index in [-0.39, 0.29) is 6.29 Å². The van der Waals surface area contributed by atoms with Crippen molar-refractivity contribution in [2.24, 2.45) is 4.99 Å². The fraction of sp³-hybridized carbons (Fsp3) is 0.0682. The molecule has 1 N–H and O–H groups in total. The Bertz CT molecular complexity index is 2450. The lowest BCUT2D eigenvalue weighted by atomic mass is 9.92. The van der Waals surface area contributed by atoms with E-state index in [0.29, 0.717) is 11.2 Å². The van der Waals surface area contributed by atoms with Gasteiger partial charge in [0, 0.05) is 43.7 Å². The third kappa shape index (κ3) is 4.40. The highest BCUT2D eigenvalue weighted by Gasteiger charge is 2.33. The molecule has 3 aliphatic rings. The molecule has 10 rings (SSSR count). The van der Waals surface area contributed by atoms with Crippen LogP contribution in [0.3, 0.4) is 0 Å². The van der Waals surface area contributed by atoms with Crippen molar-refractivity contribution in [3.05, 3.63) is 181 Å². The fourth-order valence-corrected chi connectivity index (χ4v) is 9.00. The minimum Gasteiger partial charge on any atom is -0.346 e. The number of hydrogen-bond donors (Lipinski definition) is 1. The van der Waals surface area contributed by atoms with Gasteiger partial charge in [-0.3, -0.25) is 0 Å². The van der Waals surface area contributed by atoms with Crippen LogP contribution in [0.1, 0.15) is 28.9 Å². The summed E-state index contributed by atoms with van der Waals surface area (Å²) in [5.41, 5.74) is 13.0. The molecule has 1 aromatic heterocycles. The highest BCUT2D eigenvalue weighted by atomic mass is 32.2. The summed E-state index contributed by atoms with van der Waals surface area (Å²) in [6, 6.07) is 50.4. The van der Waals surface area contributed by atoms with Gasteiger partial charge in [-0.05, 0) is 58.1 Å². The fourth-order valence-electron chi connectivity index (χ4n) is 7.64. The molecule has 3 unspecified atom stereocenters. The van der Waals surface area contributed by atoms with Gasteiger partial charge in [-0.1, -0.05) is 133 Å². The summed E-state index contributed by atoms with van der Waals surface area (Å²) in [4.78, 5) is 6.91. The minimum atomic E-state index is -0.323. The highest BCUT2D eigenvalue weighted by Crippen LogP contribution is 2.51. The van der Waals surface area contributed by atoms with E-state index in [0.717, 1.165) is 22.5 Å². The zero-order chi connectivity index (χ0) is 31.6. The molecule has 1 aliphatic carbocycles. The topological polar surface area (TPSA) is 29.3 Å². The number of allylic oxidation sites excluding steroid dienone is 3. The predicted molar refractivity (Wildman–Crippen MR) is 202 cm³/mol. The van der Waals surface area contributed by atoms with Gasteiger partial charge in [-0.25, -0.2) is 4.99 Å². The van der Waals surface area contributed by atoms with Gasteiger partial charge in [0.05, 0.1) is 16.7 Å². The number of rotatable bonds is 4. The molecular weight excluding hydrogens is 603 g/mol. The third-order valence-electron chi connectivity index (χ3n) is 9.98. The van der Waals surface area contributed by atoms with Crippen LogP contribution in [0.25, 0.3) is 44.1 Å². The van der Waals surface area contributed by atoms with Gasteiger partial charge in [-0.2, -0.15) is 0 Å². The van der Waals surface area contributed by atoms with Gasteiger partial charge < -0.3 is 9.88 Å². The standard InChI is InChI=1S/C44H31N3S/c1-3-11-28(12-4-1)30-19-21-31(22-20-30)43-34-16-7-9-17-38(34)45-44(46-43)47-39-24-23-32(29-13-5-2-6-14-29)25-35(39)36-27-42-37(26-40(36)47)33-15-8-10-18-41(33)48-42/h1-27,33,41,44-45H. The van der Waals surface area contributed by atoms with E-state index >= 15 is 0 Å². The number of benzene rings is 6. The molecular formula is C44H31N3S. The van der Waals surface area contributed by atoms with Gasteiger partial charge in [0.25, 0.3) is 0 Å². The van der Waals surface area contributed by atoms with Crippen molar-refractivity contribution in [3.63, 3.8) is 0 Å². The molecule has 7 aromatic rings. The van der Waals surface area contributed by atoms with E-state index in [2.05, 4.69) is 174 Å². The van der Waals surface area contributed by atoms with Crippen molar-refractivity contribution in [2.75, 3.05) is 5.32 Å². The summed E-state index contributed by atoms with van der Waals surface area (Å²) < 4.78 is 2.42. The Balaban J connectivity index is 1.17. The first-order chi connectivity index (χ1) is 23.8. The third-order valence-corrected chi connectivity index (χ3v) is 11.3. The number of hydrogen-bond acceptors (Lipinski definition) is 3. The molecule has 3 heterocycles. The second kappa shape index (κ2) is 11.0. The van der Waals surface area contributed by atoms with Crippen LogP contribution >= 0.6 is 11.8 Å². The number of anilines is 1. The first kappa shape index (κ1) is 27.5. The molecule has 3 atom stereocenters. The Morgan fingerprint density at radius 3 is 2.02 bits per heavy atom. The molecule has 0 spiro atoms. The van der Waals surface area contributed by atoms with E-state index in [9.17, 15) is 0 Å². The van der Waals surface area contributed by atoms with E-state index in [1.165, 1.54) is 54.5 Å². The molecule has 0 saturated carbocycles. The summed E-state index contributed by atoms with van der Waals surface area (Å²) in [7, 11) is 0. The number of aliphatic imine (C=N–C) groups is 1. The maximum atomic E-state index is 5.53. The molecule has 48 heavy (non-hydrogen) atoms. The minimum absolute atomic E-state index is 0.323. The Morgan fingerprint density at radius 1 is 0.562 bits per heavy atom. The summed E-state index contributed by atoms with van der Waals surface area (Å²) >= 11 is 1.99. The molecule has 0 bridgehead atoms. The second-order valence-corrected chi connectivity index (χ2v) is 14.0. The smallest absolute Gasteiger partial charge is 0.201 e. The average Bonchev–Trinajstić information content (AvgIpc) is 3.68. The molecule has 228 valence electrons. The van der Waals surface area contributed by atoms with Crippen molar-refractivity contribution in [1.29, 1.82) is 0 Å². The van der Waals surface area contributed by atoms with E-state index in [1.54, 1.807) is 0 Å². The number of nitrogens with zero attached hydrogens (tertiary/aromatic N) is 2. The highest BCUT2D eigenvalue weighted by molar-refractivity contribution is 8.00. The van der Waals surface area contributed by atoms with E-state index < -0.39 is 0 Å². The predicted octanol–water partition coefficient (Wildman–Crippen LogP) is 11.2. The van der Waals surface area contributed by atoms with Crippen molar-refractivity contribution in [1.82, 2.24) is 4.57 Å². The van der Waals surface area contributed by atoms with Crippen molar-refractivity contribution >= 4 is 45.0 Å². The Kier molecular flexibility index (Phi) is 6.31. The van der Waals surface area contributed by atoms with Crippen LogP contribution < -0.4 is 5.32 Å². The quantitative estimate of drug-likeness (QED) is 0.209.